The third kappa shape index (κ3) is 4.16. The Bertz CT molecular complexity index is 313. The van der Waals surface area contributed by atoms with E-state index in [1.807, 2.05) is 0 Å². The summed E-state index contributed by atoms with van der Waals surface area (Å²) < 4.78 is 0. The van der Waals surface area contributed by atoms with Crippen LogP contribution in [0.3, 0.4) is 0 Å². The van der Waals surface area contributed by atoms with Gasteiger partial charge in [-0.1, -0.05) is 51.5 Å². The zero-order valence-corrected chi connectivity index (χ0v) is 12.0. The number of benzene rings is 1. The Balaban J connectivity index is 2.67. The van der Waals surface area contributed by atoms with Crippen molar-refractivity contribution in [1.29, 1.82) is 0 Å². The molecule has 1 N–H and O–H groups in total. The van der Waals surface area contributed by atoms with Gasteiger partial charge in [-0.05, 0) is 43.4 Å². The first kappa shape index (κ1) is 14.2. The predicted molar refractivity (Wildman–Crippen MR) is 76.5 cm³/mol. The number of hydrogen-bond donors (Lipinski definition) is 1. The Morgan fingerprint density at radius 1 is 1.06 bits per heavy atom. The first-order chi connectivity index (χ1) is 8.08. The summed E-state index contributed by atoms with van der Waals surface area (Å²) in [6, 6.07) is 9.72. The predicted octanol–water partition coefficient (Wildman–Crippen LogP) is 3.99. The van der Waals surface area contributed by atoms with E-state index >= 15 is 0 Å². The lowest BCUT2D eigenvalue weighted by Crippen LogP contribution is -2.31. The molecule has 0 amide bonds. The molecule has 2 unspecified atom stereocenters. The smallest absolute Gasteiger partial charge is 0.00670 e. The van der Waals surface area contributed by atoms with Crippen molar-refractivity contribution in [1.82, 2.24) is 5.32 Å². The maximum Gasteiger partial charge on any atom is 0.00670 e. The second-order valence-corrected chi connectivity index (χ2v) is 5.35. The van der Waals surface area contributed by atoms with E-state index in [1.165, 1.54) is 24.0 Å². The molecule has 0 aromatic heterocycles. The minimum absolute atomic E-state index is 0.588. The molecule has 1 nitrogen and oxygen atoms in total. The van der Waals surface area contributed by atoms with Gasteiger partial charge in [-0.25, -0.2) is 0 Å². The highest BCUT2D eigenvalue weighted by Gasteiger charge is 2.14. The summed E-state index contributed by atoms with van der Waals surface area (Å²) >= 11 is 0. The summed E-state index contributed by atoms with van der Waals surface area (Å²) in [5, 5.41) is 3.37. The van der Waals surface area contributed by atoms with Gasteiger partial charge in [0.15, 0.2) is 0 Å². The van der Waals surface area contributed by atoms with Crippen LogP contribution in [0.15, 0.2) is 24.3 Å². The molecule has 96 valence electrons. The monoisotopic (exact) mass is 233 g/mol. The summed E-state index contributed by atoms with van der Waals surface area (Å²) in [7, 11) is 2.05. The Hall–Kier alpha value is -0.820. The third-order valence-electron chi connectivity index (χ3n) is 3.83. The van der Waals surface area contributed by atoms with Crippen molar-refractivity contribution in [2.45, 2.75) is 52.5 Å². The quantitative estimate of drug-likeness (QED) is 0.783. The van der Waals surface area contributed by atoms with E-state index in [9.17, 15) is 0 Å². The second-order valence-electron chi connectivity index (χ2n) is 5.35. The highest BCUT2D eigenvalue weighted by molar-refractivity contribution is 5.25. The Morgan fingerprint density at radius 2 is 1.65 bits per heavy atom. The maximum atomic E-state index is 3.37. The zero-order valence-electron chi connectivity index (χ0n) is 12.0. The number of hydrogen-bond acceptors (Lipinski definition) is 1. The summed E-state index contributed by atoms with van der Waals surface area (Å²) in [6.45, 7) is 9.04. The van der Waals surface area contributed by atoms with Crippen molar-refractivity contribution in [3.8, 4) is 0 Å². The van der Waals surface area contributed by atoms with Crippen molar-refractivity contribution in [2.24, 2.45) is 5.92 Å². The Kier molecular flexibility index (Phi) is 5.70. The van der Waals surface area contributed by atoms with E-state index in [0.29, 0.717) is 12.0 Å². The molecule has 1 aromatic carbocycles. The average molecular weight is 233 g/mol. The molecule has 0 spiro atoms. The minimum atomic E-state index is 0.588. The Morgan fingerprint density at radius 3 is 2.06 bits per heavy atom. The van der Waals surface area contributed by atoms with Crippen molar-refractivity contribution in [3.63, 3.8) is 0 Å². The van der Waals surface area contributed by atoms with E-state index in [4.69, 9.17) is 0 Å². The van der Waals surface area contributed by atoms with Gasteiger partial charge < -0.3 is 5.32 Å². The summed E-state index contributed by atoms with van der Waals surface area (Å²) in [6.07, 6.45) is 2.41. The fraction of sp³-hybridized carbons (Fsp3) is 0.625. The molecule has 1 rings (SSSR count). The zero-order chi connectivity index (χ0) is 12.8. The molecule has 0 heterocycles. The SMILES string of the molecule is CCC(Cc1ccc(C(C)C)cc1)C(C)NC. The molecule has 0 saturated carbocycles. The maximum absolute atomic E-state index is 3.37. The highest BCUT2D eigenvalue weighted by Crippen LogP contribution is 2.19. The van der Waals surface area contributed by atoms with Crippen LogP contribution >= 0.6 is 0 Å². The molecule has 0 radical (unpaired) electrons. The molecule has 0 aliphatic carbocycles. The molecule has 17 heavy (non-hydrogen) atoms. The lowest BCUT2D eigenvalue weighted by Gasteiger charge is -2.22. The normalized spacial score (nSPS) is 14.9. The van der Waals surface area contributed by atoms with Crippen LogP contribution in [0.2, 0.25) is 0 Å². The first-order valence-corrected chi connectivity index (χ1v) is 6.84. The van der Waals surface area contributed by atoms with Gasteiger partial charge in [-0.2, -0.15) is 0 Å². The topological polar surface area (TPSA) is 12.0 Å². The van der Waals surface area contributed by atoms with Crippen LogP contribution in [-0.2, 0) is 6.42 Å². The fourth-order valence-electron chi connectivity index (χ4n) is 2.25. The van der Waals surface area contributed by atoms with E-state index in [0.717, 1.165) is 5.92 Å². The molecule has 1 heteroatoms. The van der Waals surface area contributed by atoms with Crippen LogP contribution in [0.5, 0.6) is 0 Å². The molecular weight excluding hydrogens is 206 g/mol. The van der Waals surface area contributed by atoms with E-state index in [-0.39, 0.29) is 0 Å². The molecule has 0 bridgehead atoms. The fourth-order valence-corrected chi connectivity index (χ4v) is 2.25. The Labute approximate surface area is 107 Å². The minimum Gasteiger partial charge on any atom is -0.317 e. The lowest BCUT2D eigenvalue weighted by atomic mass is 9.90. The first-order valence-electron chi connectivity index (χ1n) is 6.84. The van der Waals surface area contributed by atoms with Crippen LogP contribution in [0.4, 0.5) is 0 Å². The standard InChI is InChI=1S/C16H27N/c1-6-15(13(4)17-5)11-14-7-9-16(10-8-14)12(2)3/h7-10,12-13,15,17H,6,11H2,1-5H3. The number of rotatable bonds is 6. The van der Waals surface area contributed by atoms with Crippen LogP contribution in [0.1, 0.15) is 51.2 Å². The van der Waals surface area contributed by atoms with Crippen LogP contribution in [-0.4, -0.2) is 13.1 Å². The van der Waals surface area contributed by atoms with Crippen LogP contribution in [0.25, 0.3) is 0 Å². The largest absolute Gasteiger partial charge is 0.317 e. The summed E-state index contributed by atoms with van der Waals surface area (Å²) in [4.78, 5) is 0. The van der Waals surface area contributed by atoms with Gasteiger partial charge in [0.1, 0.15) is 0 Å². The van der Waals surface area contributed by atoms with Gasteiger partial charge in [0, 0.05) is 6.04 Å². The molecule has 0 aliphatic heterocycles. The number of nitrogens with one attached hydrogen (secondary N) is 1. The van der Waals surface area contributed by atoms with Crippen molar-refractivity contribution in [3.05, 3.63) is 35.4 Å². The van der Waals surface area contributed by atoms with Gasteiger partial charge in [0.2, 0.25) is 0 Å². The molecule has 0 fully saturated rings. The second kappa shape index (κ2) is 6.80. The van der Waals surface area contributed by atoms with E-state index in [2.05, 4.69) is 64.3 Å². The van der Waals surface area contributed by atoms with Gasteiger partial charge in [0.05, 0.1) is 0 Å². The summed E-state index contributed by atoms with van der Waals surface area (Å²) in [5.74, 6) is 1.35. The van der Waals surface area contributed by atoms with E-state index in [1.54, 1.807) is 0 Å². The molecule has 0 saturated heterocycles. The van der Waals surface area contributed by atoms with Crippen molar-refractivity contribution in [2.75, 3.05) is 7.05 Å². The highest BCUT2D eigenvalue weighted by atomic mass is 14.9. The molecule has 2 atom stereocenters. The lowest BCUT2D eigenvalue weighted by molar-refractivity contribution is 0.381. The molecular formula is C16H27N. The average Bonchev–Trinajstić information content (AvgIpc) is 2.35. The van der Waals surface area contributed by atoms with Gasteiger partial charge in [-0.3, -0.25) is 0 Å². The molecule has 1 aromatic rings. The van der Waals surface area contributed by atoms with Crippen LogP contribution in [0, 0.1) is 5.92 Å². The van der Waals surface area contributed by atoms with Gasteiger partial charge in [0.25, 0.3) is 0 Å². The summed E-state index contributed by atoms with van der Waals surface area (Å²) in [5.41, 5.74) is 2.90. The van der Waals surface area contributed by atoms with Gasteiger partial charge in [-0.15, -0.1) is 0 Å². The molecule has 0 aliphatic rings. The van der Waals surface area contributed by atoms with Crippen molar-refractivity contribution >= 4 is 0 Å². The van der Waals surface area contributed by atoms with E-state index < -0.39 is 0 Å². The third-order valence-corrected chi connectivity index (χ3v) is 3.83. The van der Waals surface area contributed by atoms with Gasteiger partial charge >= 0.3 is 0 Å². The van der Waals surface area contributed by atoms with Crippen LogP contribution < -0.4 is 5.32 Å². The van der Waals surface area contributed by atoms with Crippen molar-refractivity contribution < 1.29 is 0 Å².